The lowest BCUT2D eigenvalue weighted by Gasteiger charge is -2.13. The zero-order valence-corrected chi connectivity index (χ0v) is 13.5. The summed E-state index contributed by atoms with van der Waals surface area (Å²) >= 11 is 3.46. The van der Waals surface area contributed by atoms with Gasteiger partial charge in [-0.25, -0.2) is 9.97 Å². The van der Waals surface area contributed by atoms with Gasteiger partial charge in [0, 0.05) is 28.8 Å². The van der Waals surface area contributed by atoms with Crippen molar-refractivity contribution in [3.05, 3.63) is 34.1 Å². The minimum Gasteiger partial charge on any atom is -0.497 e. The molecule has 0 spiro atoms. The topological polar surface area (TPSA) is 59.1 Å². The highest BCUT2D eigenvalue weighted by Crippen LogP contribution is 2.28. The predicted molar refractivity (Wildman–Crippen MR) is 85.0 cm³/mol. The van der Waals surface area contributed by atoms with E-state index in [4.69, 9.17) is 4.74 Å². The Bertz CT molecular complexity index is 631. The van der Waals surface area contributed by atoms with Crippen molar-refractivity contribution in [3.8, 4) is 5.75 Å². The maximum atomic E-state index is 5.26. The summed E-state index contributed by atoms with van der Waals surface area (Å²) in [6.07, 6.45) is 0. The summed E-state index contributed by atoms with van der Waals surface area (Å²) in [7, 11) is 3.49. The number of methoxy groups -OCH3 is 1. The third kappa shape index (κ3) is 3.19. The Kier molecular flexibility index (Phi) is 4.44. The summed E-state index contributed by atoms with van der Waals surface area (Å²) in [6, 6.07) is 5.79. The number of hydrogen-bond acceptors (Lipinski definition) is 5. The molecule has 1 heterocycles. The molecular formula is C14H17BrN4O. The van der Waals surface area contributed by atoms with Crippen LogP contribution in [0.5, 0.6) is 5.75 Å². The van der Waals surface area contributed by atoms with Crippen LogP contribution in [0.1, 0.15) is 11.4 Å². The largest absolute Gasteiger partial charge is 0.497 e. The maximum Gasteiger partial charge on any atom is 0.139 e. The molecule has 6 heteroatoms. The van der Waals surface area contributed by atoms with Crippen LogP contribution in [-0.2, 0) is 0 Å². The van der Waals surface area contributed by atoms with Gasteiger partial charge in [0.25, 0.3) is 0 Å². The van der Waals surface area contributed by atoms with Gasteiger partial charge in [-0.3, -0.25) is 0 Å². The van der Waals surface area contributed by atoms with Crippen molar-refractivity contribution >= 4 is 33.3 Å². The Morgan fingerprint density at radius 2 is 1.80 bits per heavy atom. The summed E-state index contributed by atoms with van der Waals surface area (Å²) in [5.74, 6) is 3.09. The van der Waals surface area contributed by atoms with E-state index in [-0.39, 0.29) is 0 Å². The van der Waals surface area contributed by atoms with E-state index in [9.17, 15) is 0 Å². The molecule has 0 amide bonds. The highest BCUT2D eigenvalue weighted by molar-refractivity contribution is 9.10. The number of nitrogens with one attached hydrogen (secondary N) is 2. The van der Waals surface area contributed by atoms with Gasteiger partial charge >= 0.3 is 0 Å². The quantitative estimate of drug-likeness (QED) is 0.892. The number of hydrogen-bond donors (Lipinski definition) is 2. The molecule has 5 nitrogen and oxygen atoms in total. The molecule has 0 fully saturated rings. The molecule has 0 aliphatic rings. The predicted octanol–water partition coefficient (Wildman–Crippen LogP) is 3.65. The number of benzene rings is 1. The Hall–Kier alpha value is -1.82. The van der Waals surface area contributed by atoms with Crippen LogP contribution in [0.25, 0.3) is 0 Å². The zero-order chi connectivity index (χ0) is 14.7. The molecule has 2 N–H and O–H groups in total. The van der Waals surface area contributed by atoms with E-state index in [2.05, 4.69) is 36.5 Å². The van der Waals surface area contributed by atoms with Crippen molar-refractivity contribution in [3.63, 3.8) is 0 Å². The number of aryl methyl sites for hydroxylation is 1. The lowest BCUT2D eigenvalue weighted by atomic mass is 10.2. The first-order valence-corrected chi connectivity index (χ1v) is 6.97. The van der Waals surface area contributed by atoms with Crippen molar-refractivity contribution < 1.29 is 4.74 Å². The fourth-order valence-electron chi connectivity index (χ4n) is 1.88. The number of halogens is 1. The van der Waals surface area contributed by atoms with E-state index in [1.54, 1.807) is 7.11 Å². The molecule has 1 aromatic carbocycles. The Morgan fingerprint density at radius 3 is 2.45 bits per heavy atom. The number of anilines is 3. The van der Waals surface area contributed by atoms with Gasteiger partial charge in [-0.1, -0.05) is 15.9 Å². The van der Waals surface area contributed by atoms with Crippen LogP contribution in [0.15, 0.2) is 22.7 Å². The van der Waals surface area contributed by atoms with Crippen molar-refractivity contribution in [1.29, 1.82) is 0 Å². The first-order valence-electron chi connectivity index (χ1n) is 6.18. The van der Waals surface area contributed by atoms with Gasteiger partial charge in [0.05, 0.1) is 7.11 Å². The normalized spacial score (nSPS) is 10.2. The molecule has 1 aromatic heterocycles. The van der Waals surface area contributed by atoms with Crippen LogP contribution in [0.2, 0.25) is 0 Å². The van der Waals surface area contributed by atoms with Crippen molar-refractivity contribution in [2.75, 3.05) is 24.8 Å². The van der Waals surface area contributed by atoms with Crippen LogP contribution in [0, 0.1) is 13.8 Å². The molecule has 0 unspecified atom stereocenters. The van der Waals surface area contributed by atoms with Gasteiger partial charge < -0.3 is 15.4 Å². The standard InChI is InChI=1S/C14H17BrN4O/c1-8-13(16-3)17-9(2)18-14(8)19-11-5-10(15)6-12(7-11)20-4/h5-7H,1-4H3,(H2,16,17,18,19). The summed E-state index contributed by atoms with van der Waals surface area (Å²) in [5, 5.41) is 6.37. The summed E-state index contributed by atoms with van der Waals surface area (Å²) in [6.45, 7) is 3.84. The van der Waals surface area contributed by atoms with Gasteiger partial charge in [0.2, 0.25) is 0 Å². The Balaban J connectivity index is 2.39. The SMILES string of the molecule is CNc1nc(C)nc(Nc2cc(Br)cc(OC)c2)c1C. The molecule has 106 valence electrons. The summed E-state index contributed by atoms with van der Waals surface area (Å²) in [5.41, 5.74) is 1.87. The first kappa shape index (κ1) is 14.6. The van der Waals surface area contributed by atoms with Crippen LogP contribution in [-0.4, -0.2) is 24.1 Å². The van der Waals surface area contributed by atoms with Crippen molar-refractivity contribution in [2.45, 2.75) is 13.8 Å². The maximum absolute atomic E-state index is 5.26. The molecule has 20 heavy (non-hydrogen) atoms. The average molecular weight is 337 g/mol. The fourth-order valence-corrected chi connectivity index (χ4v) is 2.36. The Labute approximate surface area is 126 Å². The first-order chi connectivity index (χ1) is 9.53. The smallest absolute Gasteiger partial charge is 0.139 e. The highest BCUT2D eigenvalue weighted by atomic mass is 79.9. The van der Waals surface area contributed by atoms with Crippen LogP contribution in [0.4, 0.5) is 17.3 Å². The van der Waals surface area contributed by atoms with Crippen LogP contribution in [0.3, 0.4) is 0 Å². The van der Waals surface area contributed by atoms with E-state index >= 15 is 0 Å². The lowest BCUT2D eigenvalue weighted by molar-refractivity contribution is 0.415. The van der Waals surface area contributed by atoms with Gasteiger partial charge in [0.1, 0.15) is 23.2 Å². The summed E-state index contributed by atoms with van der Waals surface area (Å²) < 4.78 is 6.20. The number of aromatic nitrogens is 2. The molecule has 2 aromatic rings. The van der Waals surface area contributed by atoms with E-state index < -0.39 is 0 Å². The van der Waals surface area contributed by atoms with Crippen LogP contribution >= 0.6 is 15.9 Å². The molecule has 0 atom stereocenters. The second-order valence-corrected chi connectivity index (χ2v) is 5.26. The monoisotopic (exact) mass is 336 g/mol. The molecule has 0 saturated carbocycles. The second-order valence-electron chi connectivity index (χ2n) is 4.35. The van der Waals surface area contributed by atoms with E-state index in [0.29, 0.717) is 5.82 Å². The molecule has 2 rings (SSSR count). The fraction of sp³-hybridized carbons (Fsp3) is 0.286. The number of rotatable bonds is 4. The summed E-state index contributed by atoms with van der Waals surface area (Å²) in [4.78, 5) is 8.79. The zero-order valence-electron chi connectivity index (χ0n) is 11.9. The minimum absolute atomic E-state index is 0.712. The van der Waals surface area contributed by atoms with Crippen molar-refractivity contribution in [2.24, 2.45) is 0 Å². The van der Waals surface area contributed by atoms with Gasteiger partial charge in [-0.15, -0.1) is 0 Å². The third-order valence-electron chi connectivity index (χ3n) is 2.86. The molecule has 0 aliphatic heterocycles. The van der Waals surface area contributed by atoms with Gasteiger partial charge in [-0.05, 0) is 26.0 Å². The molecule has 0 aliphatic carbocycles. The highest BCUT2D eigenvalue weighted by Gasteiger charge is 2.09. The Morgan fingerprint density at radius 1 is 1.10 bits per heavy atom. The minimum atomic E-state index is 0.712. The molecule has 0 radical (unpaired) electrons. The van der Waals surface area contributed by atoms with E-state index in [1.807, 2.05) is 39.1 Å². The molecular weight excluding hydrogens is 320 g/mol. The average Bonchev–Trinajstić information content (AvgIpc) is 2.41. The second kappa shape index (κ2) is 6.09. The number of ether oxygens (including phenoxy) is 1. The third-order valence-corrected chi connectivity index (χ3v) is 3.32. The lowest BCUT2D eigenvalue weighted by Crippen LogP contribution is -2.05. The van der Waals surface area contributed by atoms with Gasteiger partial charge in [0.15, 0.2) is 0 Å². The molecule has 0 bridgehead atoms. The van der Waals surface area contributed by atoms with E-state index in [0.717, 1.165) is 33.1 Å². The van der Waals surface area contributed by atoms with E-state index in [1.165, 1.54) is 0 Å². The van der Waals surface area contributed by atoms with Gasteiger partial charge in [-0.2, -0.15) is 0 Å². The van der Waals surface area contributed by atoms with Crippen LogP contribution < -0.4 is 15.4 Å². The number of nitrogens with zero attached hydrogens (tertiary/aromatic N) is 2. The van der Waals surface area contributed by atoms with Crippen molar-refractivity contribution in [1.82, 2.24) is 9.97 Å². The molecule has 0 saturated heterocycles.